The molecular weight excluding hydrogens is 430 g/mol. The van der Waals surface area contributed by atoms with Crippen LogP contribution in [-0.2, 0) is 14.8 Å². The average molecular weight is 458 g/mol. The van der Waals surface area contributed by atoms with E-state index in [0.717, 1.165) is 4.90 Å². The van der Waals surface area contributed by atoms with Gasteiger partial charge in [-0.3, -0.25) is 0 Å². The SMILES string of the molecule is COc1ccccc1OC1CCN(S(=O)(=O)C2CCN(C(N)=O)CC2(O)C(=O)O)CC1. The largest absolute Gasteiger partial charge is 0.493 e. The van der Waals surface area contributed by atoms with Crippen LogP contribution in [-0.4, -0.2) is 90.1 Å². The van der Waals surface area contributed by atoms with Crippen LogP contribution in [0.25, 0.3) is 0 Å². The molecule has 1 aromatic rings. The van der Waals surface area contributed by atoms with Crippen LogP contribution in [0, 0.1) is 0 Å². The lowest BCUT2D eigenvalue weighted by molar-refractivity contribution is -0.162. The third kappa shape index (κ3) is 4.55. The molecule has 0 aromatic heterocycles. The predicted molar refractivity (Wildman–Crippen MR) is 109 cm³/mol. The van der Waals surface area contributed by atoms with E-state index < -0.39 is 39.4 Å². The second-order valence-electron chi connectivity index (χ2n) is 7.68. The summed E-state index contributed by atoms with van der Waals surface area (Å²) in [6.07, 6.45) is 0.315. The highest BCUT2D eigenvalue weighted by atomic mass is 32.2. The van der Waals surface area contributed by atoms with Crippen molar-refractivity contribution in [2.75, 3.05) is 33.3 Å². The molecule has 3 rings (SSSR count). The Labute approximate surface area is 180 Å². The van der Waals surface area contributed by atoms with Gasteiger partial charge in [0.2, 0.25) is 10.0 Å². The summed E-state index contributed by atoms with van der Waals surface area (Å²) in [6, 6.07) is 6.24. The van der Waals surface area contributed by atoms with Crippen LogP contribution in [0.5, 0.6) is 11.5 Å². The molecule has 2 amide bonds. The summed E-state index contributed by atoms with van der Waals surface area (Å²) in [6.45, 7) is -0.501. The number of amides is 2. The Bertz CT molecular complexity index is 932. The summed E-state index contributed by atoms with van der Waals surface area (Å²) in [7, 11) is -2.62. The van der Waals surface area contributed by atoms with Gasteiger partial charge in [0.25, 0.3) is 0 Å². The fraction of sp³-hybridized carbons (Fsp3) is 0.579. The number of piperidine rings is 2. The van der Waals surface area contributed by atoms with E-state index in [0.29, 0.717) is 24.3 Å². The Kier molecular flexibility index (Phi) is 6.62. The molecule has 0 spiro atoms. The Morgan fingerprint density at radius 3 is 2.29 bits per heavy atom. The Morgan fingerprint density at radius 2 is 1.74 bits per heavy atom. The van der Waals surface area contributed by atoms with E-state index in [1.54, 1.807) is 12.1 Å². The normalized spacial score (nSPS) is 25.7. The molecule has 12 heteroatoms. The Balaban J connectivity index is 1.70. The van der Waals surface area contributed by atoms with E-state index in [9.17, 15) is 28.2 Å². The predicted octanol–water partition coefficient (Wildman–Crippen LogP) is -0.163. The molecule has 2 unspecified atom stereocenters. The van der Waals surface area contributed by atoms with Crippen LogP contribution in [0.15, 0.2) is 24.3 Å². The molecule has 172 valence electrons. The van der Waals surface area contributed by atoms with E-state index in [1.807, 2.05) is 12.1 Å². The van der Waals surface area contributed by atoms with Gasteiger partial charge in [-0.05, 0) is 31.4 Å². The summed E-state index contributed by atoms with van der Waals surface area (Å²) >= 11 is 0. The van der Waals surface area contributed by atoms with E-state index in [1.165, 1.54) is 11.4 Å². The highest BCUT2D eigenvalue weighted by molar-refractivity contribution is 7.89. The fourth-order valence-electron chi connectivity index (χ4n) is 4.05. The monoisotopic (exact) mass is 457 g/mol. The number of urea groups is 1. The minimum absolute atomic E-state index is 0.0534. The van der Waals surface area contributed by atoms with Crippen LogP contribution < -0.4 is 15.2 Å². The van der Waals surface area contributed by atoms with E-state index in [2.05, 4.69) is 0 Å². The van der Waals surface area contributed by atoms with Crippen LogP contribution in [0.1, 0.15) is 19.3 Å². The molecular formula is C19H27N3O8S. The standard InChI is InChI=1S/C19H27N3O8S/c1-29-14-4-2-3-5-15(14)30-13-6-10-22(11-7-13)31(27,28)16-8-9-21(18(20)25)12-19(16,26)17(23)24/h2-5,13,16,26H,6-12H2,1H3,(H2,20,25)(H,23,24). The number of carbonyl (C=O) groups excluding carboxylic acids is 1. The van der Waals surface area contributed by atoms with Crippen molar-refractivity contribution >= 4 is 22.0 Å². The quantitative estimate of drug-likeness (QED) is 0.531. The summed E-state index contributed by atoms with van der Waals surface area (Å²) in [5.74, 6) is -0.572. The molecule has 11 nitrogen and oxygen atoms in total. The van der Waals surface area contributed by atoms with Gasteiger partial charge >= 0.3 is 12.0 Å². The number of methoxy groups -OCH3 is 1. The van der Waals surface area contributed by atoms with Gasteiger partial charge in [-0.2, -0.15) is 0 Å². The number of likely N-dealkylation sites (tertiary alicyclic amines) is 1. The van der Waals surface area contributed by atoms with Gasteiger partial charge in [0, 0.05) is 19.6 Å². The topological polar surface area (TPSA) is 160 Å². The Morgan fingerprint density at radius 1 is 1.13 bits per heavy atom. The minimum atomic E-state index is -4.15. The number of para-hydroxylation sites is 2. The number of carbonyl (C=O) groups is 2. The van der Waals surface area contributed by atoms with Crippen molar-refractivity contribution in [1.29, 1.82) is 0 Å². The zero-order valence-electron chi connectivity index (χ0n) is 17.1. The third-order valence-electron chi connectivity index (χ3n) is 5.79. The van der Waals surface area contributed by atoms with Gasteiger partial charge in [-0.25, -0.2) is 22.3 Å². The summed E-state index contributed by atoms with van der Waals surface area (Å²) < 4.78 is 38.8. The number of carboxylic acids is 1. The molecule has 0 saturated carbocycles. The molecule has 2 saturated heterocycles. The number of nitrogens with zero attached hydrogens (tertiary/aromatic N) is 2. The second kappa shape index (κ2) is 8.89. The maximum atomic E-state index is 13.2. The van der Waals surface area contributed by atoms with Crippen LogP contribution in [0.4, 0.5) is 4.79 Å². The smallest absolute Gasteiger partial charge is 0.339 e. The molecule has 2 atom stereocenters. The lowest BCUT2D eigenvalue weighted by atomic mass is 9.92. The lowest BCUT2D eigenvalue weighted by Gasteiger charge is -2.43. The highest BCUT2D eigenvalue weighted by Gasteiger charge is 2.56. The van der Waals surface area contributed by atoms with Crippen molar-refractivity contribution in [1.82, 2.24) is 9.21 Å². The first-order valence-corrected chi connectivity index (χ1v) is 11.4. The molecule has 0 bridgehead atoms. The van der Waals surface area contributed by atoms with E-state index >= 15 is 0 Å². The number of aliphatic hydroxyl groups is 1. The Hall–Kier alpha value is -2.57. The first-order chi connectivity index (χ1) is 14.6. The van der Waals surface area contributed by atoms with Gasteiger partial charge < -0.3 is 30.3 Å². The maximum absolute atomic E-state index is 13.2. The van der Waals surface area contributed by atoms with Crippen molar-refractivity contribution in [3.05, 3.63) is 24.3 Å². The highest BCUT2D eigenvalue weighted by Crippen LogP contribution is 2.33. The molecule has 2 heterocycles. The summed E-state index contributed by atoms with van der Waals surface area (Å²) in [4.78, 5) is 24.1. The molecule has 0 radical (unpaired) electrons. The van der Waals surface area contributed by atoms with Gasteiger partial charge in [0.15, 0.2) is 17.1 Å². The van der Waals surface area contributed by atoms with Crippen molar-refractivity contribution in [2.24, 2.45) is 5.73 Å². The average Bonchev–Trinajstić information content (AvgIpc) is 2.74. The number of benzene rings is 1. The van der Waals surface area contributed by atoms with E-state index in [4.69, 9.17) is 15.2 Å². The molecule has 0 aliphatic carbocycles. The first-order valence-electron chi connectivity index (χ1n) is 9.88. The molecule has 2 aliphatic heterocycles. The number of rotatable bonds is 6. The minimum Gasteiger partial charge on any atom is -0.493 e. The molecule has 2 fully saturated rings. The number of ether oxygens (including phenoxy) is 2. The van der Waals surface area contributed by atoms with Crippen molar-refractivity contribution in [2.45, 2.75) is 36.2 Å². The number of sulfonamides is 1. The number of nitrogens with two attached hydrogens (primary N) is 1. The summed E-state index contributed by atoms with van der Waals surface area (Å²) in [5.41, 5.74) is 2.54. The maximum Gasteiger partial charge on any atom is 0.339 e. The zero-order valence-corrected chi connectivity index (χ0v) is 18.0. The summed E-state index contributed by atoms with van der Waals surface area (Å²) in [5, 5.41) is 18.7. The van der Waals surface area contributed by atoms with Crippen LogP contribution in [0.2, 0.25) is 0 Å². The van der Waals surface area contributed by atoms with E-state index in [-0.39, 0.29) is 32.2 Å². The molecule has 31 heavy (non-hydrogen) atoms. The number of aliphatic carboxylic acids is 1. The van der Waals surface area contributed by atoms with Crippen molar-refractivity contribution < 1.29 is 37.7 Å². The van der Waals surface area contributed by atoms with Gasteiger partial charge in [-0.15, -0.1) is 0 Å². The van der Waals surface area contributed by atoms with Crippen LogP contribution >= 0.6 is 0 Å². The zero-order chi connectivity index (χ0) is 22.8. The second-order valence-corrected chi connectivity index (χ2v) is 9.79. The third-order valence-corrected chi connectivity index (χ3v) is 8.22. The number of hydrogen-bond acceptors (Lipinski definition) is 7. The lowest BCUT2D eigenvalue weighted by Crippen LogP contribution is -2.67. The number of primary amides is 1. The van der Waals surface area contributed by atoms with Gasteiger partial charge in [0.05, 0.1) is 13.7 Å². The molecule has 4 N–H and O–H groups in total. The van der Waals surface area contributed by atoms with Gasteiger partial charge in [0.1, 0.15) is 11.4 Å². The molecule has 2 aliphatic rings. The first kappa shape index (κ1) is 23.1. The van der Waals surface area contributed by atoms with Crippen LogP contribution in [0.3, 0.4) is 0 Å². The number of carboxylic acid groups (broad SMARTS) is 1. The van der Waals surface area contributed by atoms with Crippen molar-refractivity contribution in [3.63, 3.8) is 0 Å². The van der Waals surface area contributed by atoms with Crippen molar-refractivity contribution in [3.8, 4) is 11.5 Å². The number of hydrogen-bond donors (Lipinski definition) is 3. The van der Waals surface area contributed by atoms with Gasteiger partial charge in [-0.1, -0.05) is 12.1 Å². The fourth-order valence-corrected chi connectivity index (χ4v) is 6.20. The molecule has 1 aromatic carbocycles. The number of β-amino-alcohol motifs (C(OH)–C–C–N with tert-alkyl or cyclic N) is 1.